The second-order valence-corrected chi connectivity index (χ2v) is 11.1. The Hall–Kier alpha value is -2.93. The van der Waals surface area contributed by atoms with Crippen molar-refractivity contribution >= 4 is 39.8 Å². The van der Waals surface area contributed by atoms with Crippen LogP contribution in [0, 0.1) is 39.0 Å². The molecule has 0 radical (unpaired) electrons. The molecule has 3 aliphatic rings. The van der Waals surface area contributed by atoms with Crippen LogP contribution in [0.15, 0.2) is 39.9 Å². The predicted octanol–water partition coefficient (Wildman–Crippen LogP) is 6.69. The molecule has 5 rings (SSSR count). The highest BCUT2D eigenvalue weighted by molar-refractivity contribution is 8.26. The largest absolute Gasteiger partial charge is 0.318 e. The molecule has 1 amide bonds. The number of hydrogen-bond donors (Lipinski definition) is 1. The van der Waals surface area contributed by atoms with Crippen LogP contribution in [0.5, 0.6) is 0 Å². The number of hydrazone groups is 1. The molecule has 35 heavy (non-hydrogen) atoms. The highest BCUT2D eigenvalue weighted by atomic mass is 32.2. The molecule has 1 aliphatic carbocycles. The molecule has 182 valence electrons. The lowest BCUT2D eigenvalue weighted by atomic mass is 9.86. The Balaban J connectivity index is 1.39. The fourth-order valence-electron chi connectivity index (χ4n) is 5.50. The molecule has 1 N–H and O–H groups in total. The van der Waals surface area contributed by atoms with Gasteiger partial charge < -0.3 is 4.57 Å². The van der Waals surface area contributed by atoms with Crippen molar-refractivity contribution in [1.82, 2.24) is 9.58 Å². The lowest BCUT2D eigenvalue weighted by Gasteiger charge is -2.20. The summed E-state index contributed by atoms with van der Waals surface area (Å²) in [6, 6.07) is 8.56. The Bertz CT molecular complexity index is 1270. The number of hydrogen-bond acceptors (Lipinski definition) is 4. The van der Waals surface area contributed by atoms with Crippen LogP contribution < -0.4 is 0 Å². The van der Waals surface area contributed by atoms with Gasteiger partial charge in [-0.1, -0.05) is 38.2 Å². The number of nitrogens with one attached hydrogen (secondary N) is 1. The Kier molecular flexibility index (Phi) is 6.53. The summed E-state index contributed by atoms with van der Waals surface area (Å²) in [5.41, 5.74) is 6.84. The zero-order chi connectivity index (χ0) is 24.7. The summed E-state index contributed by atoms with van der Waals surface area (Å²) in [4.78, 5) is 17.2. The van der Waals surface area contributed by atoms with E-state index in [1.165, 1.54) is 60.0 Å². The number of aryl methyl sites for hydroxylation is 3. The molecule has 3 heterocycles. The third-order valence-corrected chi connectivity index (χ3v) is 8.19. The van der Waals surface area contributed by atoms with Crippen molar-refractivity contribution in [2.75, 3.05) is 0 Å². The molecule has 2 aromatic rings. The molecule has 1 aromatic heterocycles. The molecule has 6 nitrogen and oxygen atoms in total. The van der Waals surface area contributed by atoms with E-state index in [-0.39, 0.29) is 17.3 Å². The molecule has 1 aromatic carbocycles. The van der Waals surface area contributed by atoms with Gasteiger partial charge in [0.15, 0.2) is 5.84 Å². The van der Waals surface area contributed by atoms with Crippen LogP contribution in [0.25, 0.3) is 11.8 Å². The third-order valence-electron chi connectivity index (χ3n) is 7.22. The van der Waals surface area contributed by atoms with Gasteiger partial charge >= 0.3 is 0 Å². The fraction of sp³-hybridized carbons (Fsp3) is 0.429. The number of benzene rings is 1. The number of amides is 1. The van der Waals surface area contributed by atoms with Crippen LogP contribution in [0.1, 0.15) is 73.0 Å². The van der Waals surface area contributed by atoms with E-state index in [9.17, 15) is 4.79 Å². The highest BCUT2D eigenvalue weighted by Crippen LogP contribution is 2.33. The van der Waals surface area contributed by atoms with Gasteiger partial charge in [-0.05, 0) is 99.2 Å². The summed E-state index contributed by atoms with van der Waals surface area (Å²) in [6.07, 6.45) is 10.5. The number of fused-ring (bicyclic) bond motifs is 1. The van der Waals surface area contributed by atoms with Crippen LogP contribution in [0.2, 0.25) is 0 Å². The zero-order valence-corrected chi connectivity index (χ0v) is 21.8. The van der Waals surface area contributed by atoms with Gasteiger partial charge in [0.1, 0.15) is 5.04 Å². The van der Waals surface area contributed by atoms with E-state index >= 15 is 0 Å². The number of carbonyl (C=O) groups is 1. The van der Waals surface area contributed by atoms with Crippen LogP contribution in [0.3, 0.4) is 0 Å². The first-order chi connectivity index (χ1) is 16.8. The van der Waals surface area contributed by atoms with Gasteiger partial charge in [-0.3, -0.25) is 10.2 Å². The summed E-state index contributed by atoms with van der Waals surface area (Å²) in [6.45, 7) is 8.32. The topological polar surface area (TPSA) is 73.8 Å². The van der Waals surface area contributed by atoms with Gasteiger partial charge in [-0.15, -0.1) is 0 Å². The molecule has 1 fully saturated rings. The fourth-order valence-corrected chi connectivity index (χ4v) is 6.40. The number of amidine groups is 2. The van der Waals surface area contributed by atoms with Gasteiger partial charge in [0.05, 0.1) is 5.57 Å². The minimum Gasteiger partial charge on any atom is -0.318 e. The molecule has 2 aliphatic heterocycles. The number of nitrogens with zero attached hydrogens (tertiary/aromatic N) is 4. The van der Waals surface area contributed by atoms with Crippen molar-refractivity contribution in [3.63, 3.8) is 0 Å². The van der Waals surface area contributed by atoms with Gasteiger partial charge in [-0.25, -0.2) is 0 Å². The molecule has 0 spiro atoms. The Morgan fingerprint density at radius 1 is 1.06 bits per heavy atom. The van der Waals surface area contributed by atoms with E-state index in [4.69, 9.17) is 5.41 Å². The summed E-state index contributed by atoms with van der Waals surface area (Å²) in [5.74, 6) is 0.514. The average Bonchev–Trinajstić information content (AvgIpc) is 3.35. The molecule has 0 atom stereocenters. The van der Waals surface area contributed by atoms with Crippen molar-refractivity contribution in [2.24, 2.45) is 16.0 Å². The van der Waals surface area contributed by atoms with Crippen molar-refractivity contribution < 1.29 is 4.79 Å². The van der Waals surface area contributed by atoms with Crippen molar-refractivity contribution in [1.29, 1.82) is 5.41 Å². The standard InChI is InChI=1S/C28H33N5OS/c1-17-12-18(2)14-23(13-17)32-19(3)15-22(20(32)4)16-24-26(29)33-28(30-27(24)34)35-25(31-33)11-10-21-8-6-5-7-9-21/h12-16,21,29H,5-11H2,1-4H3/b24-16-,29-26?. The van der Waals surface area contributed by atoms with E-state index in [1.54, 1.807) is 6.08 Å². The van der Waals surface area contributed by atoms with E-state index < -0.39 is 0 Å². The highest BCUT2D eigenvalue weighted by Gasteiger charge is 2.35. The third kappa shape index (κ3) is 4.79. The maximum absolute atomic E-state index is 12.9. The van der Waals surface area contributed by atoms with Gasteiger partial charge in [0, 0.05) is 17.1 Å². The van der Waals surface area contributed by atoms with Crippen LogP contribution in [0.4, 0.5) is 0 Å². The predicted molar refractivity (Wildman–Crippen MR) is 146 cm³/mol. The number of rotatable bonds is 5. The van der Waals surface area contributed by atoms with Gasteiger partial charge in [-0.2, -0.15) is 15.1 Å². The summed E-state index contributed by atoms with van der Waals surface area (Å²) in [7, 11) is 0. The monoisotopic (exact) mass is 487 g/mol. The Morgan fingerprint density at radius 2 is 1.77 bits per heavy atom. The Morgan fingerprint density at radius 3 is 2.49 bits per heavy atom. The molecular weight excluding hydrogens is 454 g/mol. The van der Waals surface area contributed by atoms with Crippen molar-refractivity contribution in [3.05, 3.63) is 57.9 Å². The second-order valence-electron chi connectivity index (χ2n) is 10.1. The lowest BCUT2D eigenvalue weighted by Crippen LogP contribution is -2.35. The number of aliphatic imine (C=N–C) groups is 1. The van der Waals surface area contributed by atoms with E-state index in [1.807, 2.05) is 0 Å². The molecule has 7 heteroatoms. The zero-order valence-electron chi connectivity index (χ0n) is 21.0. The number of thioether (sulfide) groups is 1. The van der Waals surface area contributed by atoms with E-state index in [2.05, 4.69) is 66.6 Å². The lowest BCUT2D eigenvalue weighted by molar-refractivity contribution is -0.114. The van der Waals surface area contributed by atoms with Gasteiger partial charge in [0.2, 0.25) is 5.17 Å². The molecule has 0 unspecified atom stereocenters. The smallest absolute Gasteiger partial charge is 0.283 e. The molecular formula is C28H33N5OS. The maximum atomic E-state index is 12.9. The SMILES string of the molecule is Cc1cc(C)cc(-n2c(C)cc(/C=C3/C(=N)N4N=C(CCC5CCCCC5)SC4=NC3=O)c2C)c1. The maximum Gasteiger partial charge on any atom is 0.283 e. The first-order valence-corrected chi connectivity index (χ1v) is 13.4. The van der Waals surface area contributed by atoms with Crippen LogP contribution >= 0.6 is 11.8 Å². The first kappa shape index (κ1) is 23.8. The second kappa shape index (κ2) is 9.61. The molecule has 0 saturated heterocycles. The minimum absolute atomic E-state index is 0.108. The summed E-state index contributed by atoms with van der Waals surface area (Å²) < 4.78 is 2.20. The van der Waals surface area contributed by atoms with Crippen LogP contribution in [-0.4, -0.2) is 31.5 Å². The minimum atomic E-state index is -0.367. The molecule has 0 bridgehead atoms. The number of carbonyl (C=O) groups excluding carboxylic acids is 1. The first-order valence-electron chi connectivity index (χ1n) is 12.6. The van der Waals surface area contributed by atoms with Crippen molar-refractivity contribution in [2.45, 2.75) is 72.6 Å². The average molecular weight is 488 g/mol. The summed E-state index contributed by atoms with van der Waals surface area (Å²) >= 11 is 1.44. The van der Waals surface area contributed by atoms with E-state index in [0.29, 0.717) is 5.17 Å². The van der Waals surface area contributed by atoms with Gasteiger partial charge in [0.25, 0.3) is 5.91 Å². The normalized spacial score (nSPS) is 19.9. The number of aromatic nitrogens is 1. The quantitative estimate of drug-likeness (QED) is 0.477. The molecule has 1 saturated carbocycles. The van der Waals surface area contributed by atoms with E-state index in [0.717, 1.165) is 46.4 Å². The summed E-state index contributed by atoms with van der Waals surface area (Å²) in [5, 5.41) is 16.4. The Labute approximate surface area is 211 Å². The van der Waals surface area contributed by atoms with Crippen LogP contribution in [-0.2, 0) is 4.79 Å². The van der Waals surface area contributed by atoms with Crippen molar-refractivity contribution in [3.8, 4) is 5.69 Å².